The van der Waals surface area contributed by atoms with E-state index in [2.05, 4.69) is 40.9 Å². The number of hydrogen-bond acceptors (Lipinski definition) is 3. The van der Waals surface area contributed by atoms with Crippen LogP contribution in [0.5, 0.6) is 0 Å². The Kier molecular flexibility index (Phi) is 6.05. The van der Waals surface area contributed by atoms with E-state index in [-0.39, 0.29) is 6.10 Å². The van der Waals surface area contributed by atoms with Crippen LogP contribution in [0.4, 0.5) is 0 Å². The Balaban J connectivity index is 1.47. The molecule has 1 aromatic carbocycles. The Bertz CT molecular complexity index is 623. The van der Waals surface area contributed by atoms with Crippen molar-refractivity contribution in [3.8, 4) is 11.3 Å². The largest absolute Gasteiger partial charge is 0.393 e. The van der Waals surface area contributed by atoms with Gasteiger partial charge in [0.1, 0.15) is 0 Å². The molecule has 1 heterocycles. The third-order valence-electron chi connectivity index (χ3n) is 5.06. The van der Waals surface area contributed by atoms with Crippen molar-refractivity contribution in [3.63, 3.8) is 0 Å². The van der Waals surface area contributed by atoms with Crippen molar-refractivity contribution >= 4 is 0 Å². The fourth-order valence-electron chi connectivity index (χ4n) is 3.74. The van der Waals surface area contributed by atoms with Crippen LogP contribution in [0, 0.1) is 5.92 Å². The quantitative estimate of drug-likeness (QED) is 0.765. The number of aliphatic hydroxyl groups excluding tert-OH is 1. The summed E-state index contributed by atoms with van der Waals surface area (Å²) < 4.78 is 1.89. The molecular weight excluding hydrogens is 298 g/mol. The van der Waals surface area contributed by atoms with Crippen LogP contribution in [0.2, 0.25) is 0 Å². The Hall–Kier alpha value is -1.65. The first kappa shape index (κ1) is 17.2. The van der Waals surface area contributed by atoms with Gasteiger partial charge < -0.3 is 10.4 Å². The van der Waals surface area contributed by atoms with Crippen LogP contribution in [-0.2, 0) is 13.6 Å². The molecule has 0 aliphatic heterocycles. The zero-order valence-electron chi connectivity index (χ0n) is 14.6. The fourth-order valence-corrected chi connectivity index (χ4v) is 3.74. The Morgan fingerprint density at radius 1 is 1.21 bits per heavy atom. The molecule has 2 N–H and O–H groups in total. The van der Waals surface area contributed by atoms with Gasteiger partial charge in [0, 0.05) is 30.9 Å². The zero-order valence-corrected chi connectivity index (χ0v) is 14.6. The van der Waals surface area contributed by atoms with Gasteiger partial charge in [-0.25, -0.2) is 0 Å². The molecule has 2 unspecified atom stereocenters. The average Bonchev–Trinajstić information content (AvgIpc) is 2.98. The van der Waals surface area contributed by atoms with E-state index >= 15 is 0 Å². The van der Waals surface area contributed by atoms with Gasteiger partial charge in [-0.2, -0.15) is 5.10 Å². The van der Waals surface area contributed by atoms with Crippen molar-refractivity contribution < 1.29 is 5.11 Å². The van der Waals surface area contributed by atoms with Crippen molar-refractivity contribution in [1.29, 1.82) is 0 Å². The molecule has 1 saturated carbocycles. The lowest BCUT2D eigenvalue weighted by Crippen LogP contribution is -2.25. The Morgan fingerprint density at radius 2 is 2.00 bits per heavy atom. The van der Waals surface area contributed by atoms with Crippen LogP contribution >= 0.6 is 0 Å². The maximum absolute atomic E-state index is 10.0. The average molecular weight is 327 g/mol. The van der Waals surface area contributed by atoms with Gasteiger partial charge in [-0.15, -0.1) is 0 Å². The van der Waals surface area contributed by atoms with Crippen LogP contribution in [-0.4, -0.2) is 27.5 Å². The molecule has 3 rings (SSSR count). The molecule has 4 heteroatoms. The van der Waals surface area contributed by atoms with Crippen molar-refractivity contribution in [2.24, 2.45) is 13.0 Å². The molecule has 2 atom stereocenters. The summed E-state index contributed by atoms with van der Waals surface area (Å²) >= 11 is 0. The molecule has 0 bridgehead atoms. The minimum absolute atomic E-state index is 0.0678. The van der Waals surface area contributed by atoms with E-state index in [0.717, 1.165) is 38.0 Å². The highest BCUT2D eigenvalue weighted by Crippen LogP contribution is 2.27. The second-order valence-electron chi connectivity index (χ2n) is 6.97. The summed E-state index contributed by atoms with van der Waals surface area (Å²) in [5.74, 6) is 0.513. The van der Waals surface area contributed by atoms with Crippen LogP contribution in [0.25, 0.3) is 11.3 Å². The molecule has 0 saturated heterocycles. The summed E-state index contributed by atoms with van der Waals surface area (Å²) in [5, 5.41) is 18.2. The number of benzene rings is 1. The predicted molar refractivity (Wildman–Crippen MR) is 97.5 cm³/mol. The molecule has 1 aliphatic carbocycles. The number of aryl methyl sites for hydroxylation is 1. The van der Waals surface area contributed by atoms with Gasteiger partial charge in [-0.1, -0.05) is 43.2 Å². The van der Waals surface area contributed by atoms with E-state index in [1.54, 1.807) is 0 Å². The second kappa shape index (κ2) is 8.45. The van der Waals surface area contributed by atoms with Gasteiger partial charge >= 0.3 is 0 Å². The molecule has 0 spiro atoms. The van der Waals surface area contributed by atoms with Crippen LogP contribution < -0.4 is 5.32 Å². The van der Waals surface area contributed by atoms with Crippen molar-refractivity contribution in [3.05, 3.63) is 42.1 Å². The maximum atomic E-state index is 10.0. The molecule has 1 aromatic heterocycles. The maximum Gasteiger partial charge on any atom is 0.0967 e. The molecule has 24 heavy (non-hydrogen) atoms. The molecule has 1 fully saturated rings. The van der Waals surface area contributed by atoms with Gasteiger partial charge in [0.25, 0.3) is 0 Å². The minimum Gasteiger partial charge on any atom is -0.393 e. The van der Waals surface area contributed by atoms with Gasteiger partial charge in [0.2, 0.25) is 0 Å². The number of nitrogens with zero attached hydrogens (tertiary/aromatic N) is 2. The molecule has 2 aromatic rings. The van der Waals surface area contributed by atoms with E-state index in [1.807, 2.05) is 17.8 Å². The van der Waals surface area contributed by atoms with E-state index < -0.39 is 0 Å². The van der Waals surface area contributed by atoms with Gasteiger partial charge in [-0.3, -0.25) is 4.68 Å². The number of aliphatic hydroxyl groups is 1. The van der Waals surface area contributed by atoms with E-state index in [4.69, 9.17) is 0 Å². The summed E-state index contributed by atoms with van der Waals surface area (Å²) in [6.45, 7) is 1.83. The lowest BCUT2D eigenvalue weighted by atomic mass is 9.83. The molecule has 1 aliphatic rings. The van der Waals surface area contributed by atoms with E-state index in [9.17, 15) is 5.11 Å². The fraction of sp³-hybridized carbons (Fsp3) is 0.550. The first-order valence-corrected chi connectivity index (χ1v) is 9.21. The highest BCUT2D eigenvalue weighted by Gasteiger charge is 2.22. The van der Waals surface area contributed by atoms with Crippen LogP contribution in [0.15, 0.2) is 36.5 Å². The number of nitrogens with one attached hydrogen (secondary N) is 1. The standard InChI is InChI=1S/C20H29N3O/c1-23-15-18(20(22-23)17-9-3-2-4-10-17)14-21-13-7-11-16-8-5-6-12-19(16)24/h2-4,9-10,15-16,19,21,24H,5-8,11-14H2,1H3. The molecule has 0 amide bonds. The summed E-state index contributed by atoms with van der Waals surface area (Å²) in [4.78, 5) is 0. The minimum atomic E-state index is -0.0678. The van der Waals surface area contributed by atoms with Crippen molar-refractivity contribution in [1.82, 2.24) is 15.1 Å². The summed E-state index contributed by atoms with van der Waals surface area (Å²) in [5.41, 5.74) is 3.47. The highest BCUT2D eigenvalue weighted by molar-refractivity contribution is 5.62. The van der Waals surface area contributed by atoms with Crippen molar-refractivity contribution in [2.75, 3.05) is 6.54 Å². The first-order valence-electron chi connectivity index (χ1n) is 9.21. The Morgan fingerprint density at radius 3 is 2.79 bits per heavy atom. The Labute approximate surface area is 144 Å². The zero-order chi connectivity index (χ0) is 16.8. The topological polar surface area (TPSA) is 50.1 Å². The third kappa shape index (κ3) is 4.46. The number of rotatable bonds is 7. The lowest BCUT2D eigenvalue weighted by molar-refractivity contribution is 0.0643. The molecule has 4 nitrogen and oxygen atoms in total. The predicted octanol–water partition coefficient (Wildman–Crippen LogP) is 3.51. The second-order valence-corrected chi connectivity index (χ2v) is 6.97. The summed E-state index contributed by atoms with van der Waals surface area (Å²) in [6.07, 6.45) is 8.96. The van der Waals surface area contributed by atoms with Crippen LogP contribution in [0.1, 0.15) is 44.1 Å². The molecular formula is C20H29N3O. The smallest absolute Gasteiger partial charge is 0.0967 e. The van der Waals surface area contributed by atoms with E-state index in [0.29, 0.717) is 5.92 Å². The number of aromatic nitrogens is 2. The normalized spacial score (nSPS) is 21.1. The van der Waals surface area contributed by atoms with Gasteiger partial charge in [-0.05, 0) is 38.1 Å². The summed E-state index contributed by atoms with van der Waals surface area (Å²) in [7, 11) is 1.97. The monoisotopic (exact) mass is 327 g/mol. The first-order chi connectivity index (χ1) is 11.7. The van der Waals surface area contributed by atoms with Crippen LogP contribution in [0.3, 0.4) is 0 Å². The summed E-state index contributed by atoms with van der Waals surface area (Å²) in [6, 6.07) is 10.4. The van der Waals surface area contributed by atoms with Gasteiger partial charge in [0.05, 0.1) is 11.8 Å². The van der Waals surface area contributed by atoms with Gasteiger partial charge in [0.15, 0.2) is 0 Å². The molecule has 130 valence electrons. The van der Waals surface area contributed by atoms with E-state index in [1.165, 1.54) is 30.4 Å². The number of hydrogen-bond donors (Lipinski definition) is 2. The lowest BCUT2D eigenvalue weighted by Gasteiger charge is -2.27. The van der Waals surface area contributed by atoms with Crippen molar-refractivity contribution in [2.45, 2.75) is 51.2 Å². The SMILES string of the molecule is Cn1cc(CNCCCC2CCCCC2O)c(-c2ccccc2)n1. The third-order valence-corrected chi connectivity index (χ3v) is 5.06. The molecule has 0 radical (unpaired) electrons. The highest BCUT2D eigenvalue weighted by atomic mass is 16.3.